The van der Waals surface area contributed by atoms with E-state index in [9.17, 15) is 9.18 Å². The van der Waals surface area contributed by atoms with Crippen molar-refractivity contribution in [2.75, 3.05) is 13.6 Å². The number of hydrogen-bond donors (Lipinski definition) is 3. The third-order valence-electron chi connectivity index (χ3n) is 4.04. The molecule has 2 rings (SSSR count). The standard InChI is InChI=1S/C23H32FN5O3.HI/c1-22(2,3)32-21(30)29-23(4,5)15-28-20(25-6)27-14-16-10-11-19(26-13-16)31-18-9-7-8-17(24)12-18;/h7-13H,14-15H2,1-6H3,(H,29,30)(H2,25,27,28);1H. The average molecular weight is 573 g/mol. The lowest BCUT2D eigenvalue weighted by molar-refractivity contribution is 0.0474. The normalized spacial score (nSPS) is 11.8. The molecule has 182 valence electrons. The third-order valence-corrected chi connectivity index (χ3v) is 4.04. The molecule has 1 amide bonds. The molecule has 2 aromatic rings. The van der Waals surface area contributed by atoms with Gasteiger partial charge in [0.15, 0.2) is 5.96 Å². The number of nitrogens with one attached hydrogen (secondary N) is 3. The number of hydrogen-bond acceptors (Lipinski definition) is 5. The number of amides is 1. The molecule has 10 heteroatoms. The van der Waals surface area contributed by atoms with Crippen molar-refractivity contribution in [1.82, 2.24) is 20.9 Å². The van der Waals surface area contributed by atoms with Gasteiger partial charge in [0.05, 0.1) is 5.54 Å². The Labute approximate surface area is 211 Å². The van der Waals surface area contributed by atoms with Gasteiger partial charge in [0, 0.05) is 38.5 Å². The summed E-state index contributed by atoms with van der Waals surface area (Å²) >= 11 is 0. The molecular formula is C23H33FIN5O3. The van der Waals surface area contributed by atoms with Crippen molar-refractivity contribution in [3.8, 4) is 11.6 Å². The molecule has 1 aromatic carbocycles. The predicted octanol–water partition coefficient (Wildman–Crippen LogP) is 4.60. The number of ether oxygens (including phenoxy) is 2. The summed E-state index contributed by atoms with van der Waals surface area (Å²) in [6, 6.07) is 9.46. The van der Waals surface area contributed by atoms with E-state index in [0.29, 0.717) is 30.7 Å². The molecule has 1 heterocycles. The van der Waals surface area contributed by atoms with Crippen LogP contribution in [0.3, 0.4) is 0 Å². The lowest BCUT2D eigenvalue weighted by Gasteiger charge is -2.29. The molecule has 8 nitrogen and oxygen atoms in total. The Morgan fingerprint density at radius 3 is 2.42 bits per heavy atom. The van der Waals surface area contributed by atoms with Gasteiger partial charge in [-0.15, -0.1) is 24.0 Å². The highest BCUT2D eigenvalue weighted by molar-refractivity contribution is 14.0. The third kappa shape index (κ3) is 11.2. The van der Waals surface area contributed by atoms with E-state index in [0.717, 1.165) is 5.56 Å². The number of aromatic nitrogens is 1. The van der Waals surface area contributed by atoms with E-state index in [1.54, 1.807) is 31.4 Å². The summed E-state index contributed by atoms with van der Waals surface area (Å²) in [6.45, 7) is 10.1. The van der Waals surface area contributed by atoms with E-state index in [2.05, 4.69) is 25.9 Å². The molecule has 1 aromatic heterocycles. The molecule has 33 heavy (non-hydrogen) atoms. The molecule has 0 unspecified atom stereocenters. The van der Waals surface area contributed by atoms with E-state index in [1.807, 2.05) is 40.7 Å². The highest BCUT2D eigenvalue weighted by atomic mass is 127. The van der Waals surface area contributed by atoms with Crippen LogP contribution in [0.25, 0.3) is 0 Å². The van der Waals surface area contributed by atoms with Gasteiger partial charge < -0.3 is 25.4 Å². The number of halogens is 2. The van der Waals surface area contributed by atoms with E-state index in [1.165, 1.54) is 12.1 Å². The van der Waals surface area contributed by atoms with Gasteiger partial charge in [-0.25, -0.2) is 14.2 Å². The summed E-state index contributed by atoms with van der Waals surface area (Å²) in [4.78, 5) is 20.5. The number of alkyl carbamates (subject to hydrolysis) is 1. The molecule has 0 spiro atoms. The topological polar surface area (TPSA) is 96.9 Å². The number of pyridine rings is 1. The summed E-state index contributed by atoms with van der Waals surface area (Å²) < 4.78 is 24.1. The number of guanidine groups is 1. The number of carbonyl (C=O) groups excluding carboxylic acids is 1. The number of carbonyl (C=O) groups is 1. The lowest BCUT2D eigenvalue weighted by Crippen LogP contribution is -2.54. The van der Waals surface area contributed by atoms with Crippen molar-refractivity contribution in [2.24, 2.45) is 4.99 Å². The van der Waals surface area contributed by atoms with Crippen LogP contribution in [0.15, 0.2) is 47.6 Å². The maximum atomic E-state index is 13.3. The Balaban J connectivity index is 0.00000544. The van der Waals surface area contributed by atoms with Gasteiger partial charge in [-0.1, -0.05) is 12.1 Å². The van der Waals surface area contributed by atoms with Crippen molar-refractivity contribution in [2.45, 2.75) is 52.3 Å². The Kier molecular flexibility index (Phi) is 10.8. The van der Waals surface area contributed by atoms with Crippen molar-refractivity contribution >= 4 is 36.0 Å². The fourth-order valence-electron chi connectivity index (χ4n) is 2.56. The van der Waals surface area contributed by atoms with Gasteiger partial charge in [0.1, 0.15) is 17.2 Å². The summed E-state index contributed by atoms with van der Waals surface area (Å²) in [5.41, 5.74) is -0.209. The van der Waals surface area contributed by atoms with Crippen LogP contribution in [0.2, 0.25) is 0 Å². The van der Waals surface area contributed by atoms with Gasteiger partial charge in [-0.3, -0.25) is 4.99 Å². The number of nitrogens with zero attached hydrogens (tertiary/aromatic N) is 2. The smallest absolute Gasteiger partial charge is 0.408 e. The Morgan fingerprint density at radius 1 is 1.12 bits per heavy atom. The molecule has 3 N–H and O–H groups in total. The van der Waals surface area contributed by atoms with Crippen LogP contribution < -0.4 is 20.7 Å². The van der Waals surface area contributed by atoms with Crippen LogP contribution in [-0.2, 0) is 11.3 Å². The van der Waals surface area contributed by atoms with Gasteiger partial charge in [-0.2, -0.15) is 0 Å². The zero-order chi connectivity index (χ0) is 23.8. The first kappa shape index (κ1) is 28.4. The first-order chi connectivity index (χ1) is 15.0. The zero-order valence-corrected chi connectivity index (χ0v) is 22.2. The SMILES string of the molecule is CN=C(NCc1ccc(Oc2cccc(F)c2)nc1)NCC(C)(C)NC(=O)OC(C)(C)C.I. The average Bonchev–Trinajstić information content (AvgIpc) is 2.67. The lowest BCUT2D eigenvalue weighted by atomic mass is 10.1. The molecule has 0 aliphatic heterocycles. The molecule has 0 atom stereocenters. The van der Waals surface area contributed by atoms with E-state index in [-0.39, 0.29) is 29.8 Å². The van der Waals surface area contributed by atoms with Gasteiger partial charge in [-0.05, 0) is 52.3 Å². The van der Waals surface area contributed by atoms with Crippen LogP contribution in [0, 0.1) is 5.82 Å². The second-order valence-electron chi connectivity index (χ2n) is 8.85. The van der Waals surface area contributed by atoms with Crippen LogP contribution >= 0.6 is 24.0 Å². The minimum Gasteiger partial charge on any atom is -0.444 e. The highest BCUT2D eigenvalue weighted by Crippen LogP contribution is 2.20. The summed E-state index contributed by atoms with van der Waals surface area (Å²) in [7, 11) is 1.66. The fraction of sp³-hybridized carbons (Fsp3) is 0.435. The Hall–Kier alpha value is -2.63. The predicted molar refractivity (Wildman–Crippen MR) is 138 cm³/mol. The largest absolute Gasteiger partial charge is 0.444 e. The zero-order valence-electron chi connectivity index (χ0n) is 19.9. The first-order valence-corrected chi connectivity index (χ1v) is 10.3. The maximum Gasteiger partial charge on any atom is 0.408 e. The van der Waals surface area contributed by atoms with Crippen LogP contribution in [0.4, 0.5) is 9.18 Å². The van der Waals surface area contributed by atoms with Crippen molar-refractivity contribution in [1.29, 1.82) is 0 Å². The van der Waals surface area contributed by atoms with Gasteiger partial charge in [0.2, 0.25) is 5.88 Å². The molecule has 0 saturated heterocycles. The first-order valence-electron chi connectivity index (χ1n) is 10.3. The van der Waals surface area contributed by atoms with E-state index < -0.39 is 17.2 Å². The Morgan fingerprint density at radius 2 is 1.85 bits per heavy atom. The van der Waals surface area contributed by atoms with Crippen molar-refractivity contribution in [3.63, 3.8) is 0 Å². The second-order valence-corrected chi connectivity index (χ2v) is 8.85. The molecule has 0 saturated carbocycles. The second kappa shape index (κ2) is 12.6. The molecular weight excluding hydrogens is 540 g/mol. The summed E-state index contributed by atoms with van der Waals surface area (Å²) in [5, 5.41) is 9.22. The molecule has 0 aliphatic carbocycles. The maximum absolute atomic E-state index is 13.3. The van der Waals surface area contributed by atoms with Crippen LogP contribution in [0.1, 0.15) is 40.2 Å². The summed E-state index contributed by atoms with van der Waals surface area (Å²) in [5.74, 6) is 0.961. The fourth-order valence-corrected chi connectivity index (χ4v) is 2.56. The van der Waals surface area contributed by atoms with E-state index >= 15 is 0 Å². The molecule has 0 fully saturated rings. The monoisotopic (exact) mass is 573 g/mol. The molecule has 0 bridgehead atoms. The molecule has 0 aliphatic rings. The number of benzene rings is 1. The minimum atomic E-state index is -0.558. The number of rotatable bonds is 7. The van der Waals surface area contributed by atoms with Crippen molar-refractivity contribution < 1.29 is 18.7 Å². The Bertz CT molecular complexity index is 930. The van der Waals surface area contributed by atoms with Crippen LogP contribution in [0.5, 0.6) is 11.6 Å². The van der Waals surface area contributed by atoms with Gasteiger partial charge in [0.25, 0.3) is 0 Å². The minimum absolute atomic E-state index is 0. The van der Waals surface area contributed by atoms with Crippen LogP contribution in [-0.4, -0.2) is 41.8 Å². The number of aliphatic imine (C=N–C) groups is 1. The van der Waals surface area contributed by atoms with Gasteiger partial charge >= 0.3 is 6.09 Å². The quantitative estimate of drug-likeness (QED) is 0.255. The molecule has 0 radical (unpaired) electrons. The summed E-state index contributed by atoms with van der Waals surface area (Å²) in [6.07, 6.45) is 1.20. The van der Waals surface area contributed by atoms with Crippen molar-refractivity contribution in [3.05, 3.63) is 54.0 Å². The van der Waals surface area contributed by atoms with E-state index in [4.69, 9.17) is 9.47 Å². The highest BCUT2D eigenvalue weighted by Gasteiger charge is 2.24.